The van der Waals surface area contributed by atoms with Gasteiger partial charge in [-0.2, -0.15) is 0 Å². The van der Waals surface area contributed by atoms with E-state index in [1.807, 2.05) is 6.92 Å². The number of hydrogen-bond donors (Lipinski definition) is 3. The van der Waals surface area contributed by atoms with E-state index in [1.165, 1.54) is 4.90 Å². The SMILES string of the molecule is CC(CN(CO)CO)N(C)CO. The molecule has 0 spiro atoms. The molecule has 0 aliphatic heterocycles. The first kappa shape index (κ1) is 11.8. The average molecular weight is 178 g/mol. The Morgan fingerprint density at radius 2 is 1.58 bits per heavy atom. The van der Waals surface area contributed by atoms with E-state index in [2.05, 4.69) is 0 Å². The van der Waals surface area contributed by atoms with Crippen molar-refractivity contribution in [2.24, 2.45) is 0 Å². The van der Waals surface area contributed by atoms with Gasteiger partial charge in [0, 0.05) is 12.6 Å². The standard InChI is InChI=1S/C7H18N2O3/c1-7(8(2)4-10)3-9(5-11)6-12/h7,10-12H,3-6H2,1-2H3. The smallest absolute Gasteiger partial charge is 0.0974 e. The molecule has 0 aromatic heterocycles. The number of likely N-dealkylation sites (N-methyl/N-ethyl adjacent to an activating group) is 1. The molecule has 0 saturated carbocycles. The minimum Gasteiger partial charge on any atom is -0.381 e. The quantitative estimate of drug-likeness (QED) is 0.430. The largest absolute Gasteiger partial charge is 0.381 e. The van der Waals surface area contributed by atoms with Gasteiger partial charge in [0.25, 0.3) is 0 Å². The zero-order valence-electron chi connectivity index (χ0n) is 7.64. The molecule has 0 heterocycles. The lowest BCUT2D eigenvalue weighted by Crippen LogP contribution is -2.41. The van der Waals surface area contributed by atoms with Gasteiger partial charge in [0.1, 0.15) is 0 Å². The first-order valence-electron chi connectivity index (χ1n) is 3.90. The highest BCUT2D eigenvalue weighted by Crippen LogP contribution is 1.96. The Bertz CT molecular complexity index is 109. The summed E-state index contributed by atoms with van der Waals surface area (Å²) >= 11 is 0. The molecule has 0 aliphatic carbocycles. The molecule has 0 rings (SSSR count). The Morgan fingerprint density at radius 1 is 1.08 bits per heavy atom. The Labute approximate surface area is 72.8 Å². The molecule has 74 valence electrons. The van der Waals surface area contributed by atoms with Crippen LogP contribution in [0.4, 0.5) is 0 Å². The Kier molecular flexibility index (Phi) is 6.23. The highest BCUT2D eigenvalue weighted by atomic mass is 16.3. The highest BCUT2D eigenvalue weighted by Gasteiger charge is 2.11. The van der Waals surface area contributed by atoms with Crippen LogP contribution in [0.1, 0.15) is 6.92 Å². The number of rotatable bonds is 6. The molecule has 1 atom stereocenters. The van der Waals surface area contributed by atoms with Crippen LogP contribution in [0.25, 0.3) is 0 Å². The number of aliphatic hydroxyl groups excluding tert-OH is 3. The molecule has 0 aliphatic rings. The van der Waals surface area contributed by atoms with Crippen molar-refractivity contribution in [3.63, 3.8) is 0 Å². The fraction of sp³-hybridized carbons (Fsp3) is 1.00. The second-order valence-corrected chi connectivity index (χ2v) is 2.88. The van der Waals surface area contributed by atoms with E-state index in [0.717, 1.165) is 0 Å². The van der Waals surface area contributed by atoms with Crippen LogP contribution in [0, 0.1) is 0 Å². The van der Waals surface area contributed by atoms with Crippen LogP contribution in [0.3, 0.4) is 0 Å². The van der Waals surface area contributed by atoms with Crippen LogP contribution in [-0.2, 0) is 0 Å². The molecule has 5 nitrogen and oxygen atoms in total. The summed E-state index contributed by atoms with van der Waals surface area (Å²) in [6, 6.07) is 0.106. The first-order valence-corrected chi connectivity index (χ1v) is 3.90. The van der Waals surface area contributed by atoms with Gasteiger partial charge in [0.2, 0.25) is 0 Å². The molecule has 1 unspecified atom stereocenters. The van der Waals surface area contributed by atoms with Gasteiger partial charge in [-0.25, -0.2) is 0 Å². The lowest BCUT2D eigenvalue weighted by atomic mass is 10.3. The van der Waals surface area contributed by atoms with Crippen LogP contribution in [0.2, 0.25) is 0 Å². The minimum absolute atomic E-state index is 0.0220. The van der Waals surface area contributed by atoms with Gasteiger partial charge in [-0.3, -0.25) is 9.80 Å². The van der Waals surface area contributed by atoms with Crippen molar-refractivity contribution >= 4 is 0 Å². The third-order valence-corrected chi connectivity index (χ3v) is 1.90. The van der Waals surface area contributed by atoms with Gasteiger partial charge >= 0.3 is 0 Å². The zero-order chi connectivity index (χ0) is 9.56. The van der Waals surface area contributed by atoms with E-state index in [0.29, 0.717) is 6.54 Å². The fourth-order valence-corrected chi connectivity index (χ4v) is 0.813. The summed E-state index contributed by atoms with van der Waals surface area (Å²) in [7, 11) is 1.78. The van der Waals surface area contributed by atoms with E-state index >= 15 is 0 Å². The summed E-state index contributed by atoms with van der Waals surface area (Å²) in [6.07, 6.45) is 0. The number of aliphatic hydroxyl groups is 3. The third-order valence-electron chi connectivity index (χ3n) is 1.90. The van der Waals surface area contributed by atoms with Crippen LogP contribution >= 0.6 is 0 Å². The van der Waals surface area contributed by atoms with Gasteiger partial charge < -0.3 is 15.3 Å². The predicted molar refractivity (Wildman–Crippen MR) is 45.2 cm³/mol. The summed E-state index contributed by atoms with van der Waals surface area (Å²) in [6.45, 7) is 2.09. The Hall–Kier alpha value is -0.200. The molecule has 0 radical (unpaired) electrons. The average Bonchev–Trinajstić information content (AvgIpc) is 2.12. The maximum atomic E-state index is 8.75. The normalized spacial score (nSPS) is 14.2. The molecule has 3 N–H and O–H groups in total. The van der Waals surface area contributed by atoms with E-state index in [1.54, 1.807) is 11.9 Å². The third kappa shape index (κ3) is 3.99. The van der Waals surface area contributed by atoms with E-state index < -0.39 is 0 Å². The monoisotopic (exact) mass is 178 g/mol. The molecule has 0 amide bonds. The lowest BCUT2D eigenvalue weighted by Gasteiger charge is -2.27. The van der Waals surface area contributed by atoms with Crippen LogP contribution in [0.15, 0.2) is 0 Å². The fourth-order valence-electron chi connectivity index (χ4n) is 0.813. The van der Waals surface area contributed by atoms with Crippen molar-refractivity contribution < 1.29 is 15.3 Å². The van der Waals surface area contributed by atoms with E-state index in [9.17, 15) is 0 Å². The van der Waals surface area contributed by atoms with Gasteiger partial charge in [0.15, 0.2) is 0 Å². The predicted octanol–water partition coefficient (Wildman–Crippen LogP) is -1.54. The zero-order valence-corrected chi connectivity index (χ0v) is 7.64. The van der Waals surface area contributed by atoms with Crippen molar-refractivity contribution in [3.05, 3.63) is 0 Å². The van der Waals surface area contributed by atoms with E-state index in [4.69, 9.17) is 15.3 Å². The van der Waals surface area contributed by atoms with Crippen molar-refractivity contribution in [3.8, 4) is 0 Å². The second-order valence-electron chi connectivity index (χ2n) is 2.88. The van der Waals surface area contributed by atoms with Gasteiger partial charge in [-0.1, -0.05) is 0 Å². The molecule has 0 saturated heterocycles. The van der Waals surface area contributed by atoms with Gasteiger partial charge in [-0.05, 0) is 14.0 Å². The van der Waals surface area contributed by atoms with Crippen molar-refractivity contribution in [2.75, 3.05) is 33.8 Å². The van der Waals surface area contributed by atoms with Crippen LogP contribution in [-0.4, -0.2) is 64.9 Å². The van der Waals surface area contributed by atoms with Gasteiger partial charge in [-0.15, -0.1) is 0 Å². The molecular formula is C7H18N2O3. The molecule has 5 heteroatoms. The van der Waals surface area contributed by atoms with Crippen molar-refractivity contribution in [1.29, 1.82) is 0 Å². The first-order chi connectivity index (χ1) is 5.65. The minimum atomic E-state index is -0.167. The Balaban J connectivity index is 3.72. The molecule has 0 bridgehead atoms. The molecule has 0 fully saturated rings. The maximum absolute atomic E-state index is 8.75. The topological polar surface area (TPSA) is 67.2 Å². The van der Waals surface area contributed by atoms with Crippen LogP contribution in [0.5, 0.6) is 0 Å². The van der Waals surface area contributed by atoms with Crippen LogP contribution < -0.4 is 0 Å². The second kappa shape index (κ2) is 6.33. The van der Waals surface area contributed by atoms with Gasteiger partial charge in [0.05, 0.1) is 20.2 Å². The number of hydrogen-bond acceptors (Lipinski definition) is 5. The van der Waals surface area contributed by atoms with E-state index in [-0.39, 0.29) is 26.2 Å². The highest BCUT2D eigenvalue weighted by molar-refractivity contribution is 4.63. The summed E-state index contributed by atoms with van der Waals surface area (Å²) in [5, 5.41) is 26.2. The maximum Gasteiger partial charge on any atom is 0.0974 e. The summed E-state index contributed by atoms with van der Waals surface area (Å²) in [4.78, 5) is 3.19. The lowest BCUT2D eigenvalue weighted by molar-refractivity contribution is 0.00140. The Morgan fingerprint density at radius 3 is 1.92 bits per heavy atom. The molecule has 0 aromatic carbocycles. The molecule has 0 aromatic rings. The number of nitrogens with zero attached hydrogens (tertiary/aromatic N) is 2. The summed E-state index contributed by atoms with van der Waals surface area (Å²) in [5.41, 5.74) is 0. The molecular weight excluding hydrogens is 160 g/mol. The van der Waals surface area contributed by atoms with Crippen molar-refractivity contribution in [2.45, 2.75) is 13.0 Å². The summed E-state index contributed by atoms with van der Waals surface area (Å²) < 4.78 is 0. The van der Waals surface area contributed by atoms with Crippen molar-refractivity contribution in [1.82, 2.24) is 9.80 Å². The molecule has 12 heavy (non-hydrogen) atoms. The summed E-state index contributed by atoms with van der Waals surface area (Å²) in [5.74, 6) is 0.